The zero-order valence-corrected chi connectivity index (χ0v) is 8.72. The molecule has 1 heteroatoms. The fourth-order valence-corrected chi connectivity index (χ4v) is 1.33. The quantitative estimate of drug-likeness (QED) is 0.701. The van der Waals surface area contributed by atoms with Crippen LogP contribution in [0, 0.1) is 0 Å². The summed E-state index contributed by atoms with van der Waals surface area (Å²) >= 11 is 0. The van der Waals surface area contributed by atoms with Gasteiger partial charge in [-0.05, 0) is 30.9 Å². The molecule has 1 rings (SSSR count). The fraction of sp³-hybridized carbons (Fsp3) is 0.636. The van der Waals surface area contributed by atoms with E-state index in [-0.39, 0.29) is 0 Å². The first kappa shape index (κ1) is 11.3. The molecule has 0 saturated carbocycles. The summed E-state index contributed by atoms with van der Waals surface area (Å²) in [6.07, 6.45) is 4.46. The van der Waals surface area contributed by atoms with Gasteiger partial charge in [-0.25, -0.2) is 0 Å². The molecule has 1 aromatic rings. The van der Waals surface area contributed by atoms with Gasteiger partial charge in [0, 0.05) is 11.9 Å². The van der Waals surface area contributed by atoms with Gasteiger partial charge < -0.3 is 4.98 Å². The molecule has 0 spiro atoms. The Morgan fingerprint density at radius 3 is 2.17 bits per heavy atom. The second-order valence-corrected chi connectivity index (χ2v) is 2.64. The van der Waals surface area contributed by atoms with Gasteiger partial charge in [0.25, 0.3) is 0 Å². The molecule has 1 nitrogen and oxygen atoms in total. The van der Waals surface area contributed by atoms with Crippen LogP contribution in [0.3, 0.4) is 0 Å². The van der Waals surface area contributed by atoms with Crippen LogP contribution in [0.1, 0.15) is 52.1 Å². The highest BCUT2D eigenvalue weighted by Gasteiger charge is 2.05. The van der Waals surface area contributed by atoms with E-state index in [1.54, 1.807) is 0 Å². The van der Waals surface area contributed by atoms with Crippen LogP contribution >= 0.6 is 0 Å². The Morgan fingerprint density at radius 2 is 1.83 bits per heavy atom. The minimum absolute atomic E-state index is 0.731. The third-order valence-electron chi connectivity index (χ3n) is 2.05. The molecule has 70 valence electrons. The lowest BCUT2D eigenvalue weighted by molar-refractivity contribution is 0.627. The van der Waals surface area contributed by atoms with Gasteiger partial charge in [0.05, 0.1) is 0 Å². The average molecular weight is 167 g/mol. The van der Waals surface area contributed by atoms with E-state index in [0.717, 1.165) is 5.92 Å². The zero-order valence-electron chi connectivity index (χ0n) is 8.72. The van der Waals surface area contributed by atoms with E-state index < -0.39 is 0 Å². The number of nitrogens with one attached hydrogen (secondary N) is 1. The molecule has 12 heavy (non-hydrogen) atoms. The molecule has 0 fully saturated rings. The minimum Gasteiger partial charge on any atom is -0.365 e. The van der Waals surface area contributed by atoms with Crippen molar-refractivity contribution in [2.24, 2.45) is 0 Å². The molecule has 0 saturated heterocycles. The first-order chi connectivity index (χ1) is 5.88. The molecule has 0 aliphatic heterocycles. The van der Waals surface area contributed by atoms with E-state index in [4.69, 9.17) is 0 Å². The molecular formula is C11H21N. The Hall–Kier alpha value is -0.720. The second kappa shape index (κ2) is 6.96. The van der Waals surface area contributed by atoms with Crippen molar-refractivity contribution < 1.29 is 0 Å². The summed E-state index contributed by atoms with van der Waals surface area (Å²) in [4.78, 5) is 3.24. The number of rotatable bonds is 3. The van der Waals surface area contributed by atoms with Crippen LogP contribution in [-0.4, -0.2) is 4.98 Å². The predicted molar refractivity (Wildman–Crippen MR) is 55.5 cm³/mol. The molecule has 0 amide bonds. The molecule has 1 N–H and O–H groups in total. The topological polar surface area (TPSA) is 15.8 Å². The summed E-state index contributed by atoms with van der Waals surface area (Å²) in [5.41, 5.74) is 1.38. The summed E-state index contributed by atoms with van der Waals surface area (Å²) in [5.74, 6) is 0.731. The lowest BCUT2D eigenvalue weighted by atomic mass is 10.0. The summed E-state index contributed by atoms with van der Waals surface area (Å²) in [7, 11) is 0. The molecule has 0 aliphatic rings. The number of H-pyrrole nitrogens is 1. The standard InChI is InChI=1S/C9H15N.C2H6/c1-3-8(4-2)9-6-5-7-10-9;1-2/h5-8,10H,3-4H2,1-2H3;1-2H3. The van der Waals surface area contributed by atoms with Gasteiger partial charge in [0.15, 0.2) is 0 Å². The van der Waals surface area contributed by atoms with Gasteiger partial charge in [-0.15, -0.1) is 0 Å². The van der Waals surface area contributed by atoms with Gasteiger partial charge >= 0.3 is 0 Å². The van der Waals surface area contributed by atoms with Crippen molar-refractivity contribution in [1.82, 2.24) is 4.98 Å². The molecule has 0 radical (unpaired) electrons. The maximum absolute atomic E-state index is 3.24. The maximum Gasteiger partial charge on any atom is 0.0178 e. The van der Waals surface area contributed by atoms with Gasteiger partial charge in [-0.1, -0.05) is 27.7 Å². The zero-order chi connectivity index (χ0) is 9.40. The van der Waals surface area contributed by atoms with Crippen LogP contribution in [0.4, 0.5) is 0 Å². The van der Waals surface area contributed by atoms with E-state index in [1.165, 1.54) is 18.5 Å². The second-order valence-electron chi connectivity index (χ2n) is 2.64. The Balaban J connectivity index is 0.000000561. The summed E-state index contributed by atoms with van der Waals surface area (Å²) in [6, 6.07) is 4.23. The molecular weight excluding hydrogens is 146 g/mol. The Kier molecular flexibility index (Phi) is 6.54. The molecule has 1 aromatic heterocycles. The van der Waals surface area contributed by atoms with Crippen molar-refractivity contribution in [2.75, 3.05) is 0 Å². The minimum atomic E-state index is 0.731. The van der Waals surface area contributed by atoms with Crippen LogP contribution in [0.5, 0.6) is 0 Å². The van der Waals surface area contributed by atoms with Gasteiger partial charge in [0.1, 0.15) is 0 Å². The lowest BCUT2D eigenvalue weighted by Crippen LogP contribution is -1.94. The number of aromatic amines is 1. The summed E-state index contributed by atoms with van der Waals surface area (Å²) in [5, 5.41) is 0. The summed E-state index contributed by atoms with van der Waals surface area (Å²) in [6.45, 7) is 8.46. The van der Waals surface area contributed by atoms with Crippen molar-refractivity contribution in [2.45, 2.75) is 46.5 Å². The van der Waals surface area contributed by atoms with Crippen molar-refractivity contribution >= 4 is 0 Å². The highest BCUT2D eigenvalue weighted by Crippen LogP contribution is 2.20. The predicted octanol–water partition coefficient (Wildman–Crippen LogP) is 3.94. The Morgan fingerprint density at radius 1 is 1.25 bits per heavy atom. The number of hydrogen-bond donors (Lipinski definition) is 1. The largest absolute Gasteiger partial charge is 0.365 e. The van der Waals surface area contributed by atoms with Crippen molar-refractivity contribution in [3.05, 3.63) is 24.0 Å². The lowest BCUT2D eigenvalue weighted by Gasteiger charge is -2.08. The van der Waals surface area contributed by atoms with Crippen molar-refractivity contribution in [1.29, 1.82) is 0 Å². The van der Waals surface area contributed by atoms with Gasteiger partial charge in [-0.3, -0.25) is 0 Å². The molecule has 0 aliphatic carbocycles. The third kappa shape index (κ3) is 3.12. The van der Waals surface area contributed by atoms with E-state index in [0.29, 0.717) is 0 Å². The van der Waals surface area contributed by atoms with Crippen molar-refractivity contribution in [3.63, 3.8) is 0 Å². The van der Waals surface area contributed by atoms with Crippen LogP contribution in [-0.2, 0) is 0 Å². The Bertz CT molecular complexity index is 161. The van der Waals surface area contributed by atoms with Crippen LogP contribution in [0.15, 0.2) is 18.3 Å². The molecule has 0 aromatic carbocycles. The van der Waals surface area contributed by atoms with E-state index in [9.17, 15) is 0 Å². The molecule has 1 heterocycles. The van der Waals surface area contributed by atoms with Gasteiger partial charge in [-0.2, -0.15) is 0 Å². The van der Waals surface area contributed by atoms with E-state index in [1.807, 2.05) is 20.0 Å². The molecule has 0 bridgehead atoms. The van der Waals surface area contributed by atoms with Gasteiger partial charge in [0.2, 0.25) is 0 Å². The monoisotopic (exact) mass is 167 g/mol. The number of aromatic nitrogens is 1. The molecule has 0 unspecified atom stereocenters. The number of hydrogen-bond acceptors (Lipinski definition) is 0. The smallest absolute Gasteiger partial charge is 0.0178 e. The SMILES string of the molecule is CC.CCC(CC)c1ccc[nH]1. The third-order valence-corrected chi connectivity index (χ3v) is 2.05. The first-order valence-corrected chi connectivity index (χ1v) is 5.01. The highest BCUT2D eigenvalue weighted by molar-refractivity contribution is 5.09. The fourth-order valence-electron chi connectivity index (χ4n) is 1.33. The first-order valence-electron chi connectivity index (χ1n) is 5.01. The highest BCUT2D eigenvalue weighted by atomic mass is 14.7. The normalized spacial score (nSPS) is 9.42. The van der Waals surface area contributed by atoms with Crippen LogP contribution in [0.2, 0.25) is 0 Å². The molecule has 0 atom stereocenters. The summed E-state index contributed by atoms with van der Waals surface area (Å²) < 4.78 is 0. The Labute approximate surface area is 76.2 Å². The van der Waals surface area contributed by atoms with Crippen LogP contribution < -0.4 is 0 Å². The van der Waals surface area contributed by atoms with E-state index in [2.05, 4.69) is 31.0 Å². The van der Waals surface area contributed by atoms with Crippen LogP contribution in [0.25, 0.3) is 0 Å². The van der Waals surface area contributed by atoms with Crippen molar-refractivity contribution in [3.8, 4) is 0 Å². The average Bonchev–Trinajstić information content (AvgIpc) is 2.64. The van der Waals surface area contributed by atoms with E-state index >= 15 is 0 Å². The maximum atomic E-state index is 3.24.